The predicted molar refractivity (Wildman–Crippen MR) is 66.2 cm³/mol. The largest absolute Gasteiger partial charge is 0.480 e. The molecule has 0 rings (SSSR count). The number of carbonyl (C=O) groups excluding carboxylic acids is 1. The number of urea groups is 1. The van der Waals surface area contributed by atoms with E-state index < -0.39 is 30.6 Å². The van der Waals surface area contributed by atoms with E-state index in [1.807, 2.05) is 0 Å². The van der Waals surface area contributed by atoms with Crippen molar-refractivity contribution in [3.05, 3.63) is 0 Å². The van der Waals surface area contributed by atoms with Crippen molar-refractivity contribution in [3.8, 4) is 0 Å². The van der Waals surface area contributed by atoms with Crippen LogP contribution in [0.4, 0.5) is 18.0 Å². The van der Waals surface area contributed by atoms with E-state index in [0.29, 0.717) is 5.75 Å². The summed E-state index contributed by atoms with van der Waals surface area (Å²) in [6.45, 7) is -0.153. The number of aliphatic carboxylic acids is 1. The summed E-state index contributed by atoms with van der Waals surface area (Å²) < 4.78 is 35.5. The number of carboxylic acids is 1. The third kappa shape index (κ3) is 10.5. The lowest BCUT2D eigenvalue weighted by Gasteiger charge is -2.14. The number of nitrogens with one attached hydrogen (secondary N) is 2. The van der Waals surface area contributed by atoms with Gasteiger partial charge in [0.1, 0.15) is 6.04 Å². The fourth-order valence-corrected chi connectivity index (χ4v) is 1.66. The molecule has 0 unspecified atom stereocenters. The van der Waals surface area contributed by atoms with Crippen molar-refractivity contribution >= 4 is 23.8 Å². The molecule has 0 aliphatic carbocycles. The maximum atomic E-state index is 11.8. The molecule has 112 valence electrons. The molecule has 3 N–H and O–H groups in total. The summed E-state index contributed by atoms with van der Waals surface area (Å²) in [4.78, 5) is 22.1. The molecular formula is C10H17F3N2O3S. The van der Waals surface area contributed by atoms with Gasteiger partial charge in [0.05, 0.1) is 0 Å². The molecule has 1 atom stereocenters. The number of thioether (sulfide) groups is 1. The Morgan fingerprint density at radius 3 is 2.47 bits per heavy atom. The fraction of sp³-hybridized carbons (Fsp3) is 0.800. The molecule has 0 fully saturated rings. The van der Waals surface area contributed by atoms with Crippen LogP contribution in [-0.4, -0.2) is 47.9 Å². The molecule has 0 bridgehead atoms. The van der Waals surface area contributed by atoms with Gasteiger partial charge in [0.15, 0.2) is 0 Å². The van der Waals surface area contributed by atoms with E-state index in [9.17, 15) is 22.8 Å². The monoisotopic (exact) mass is 302 g/mol. The van der Waals surface area contributed by atoms with Gasteiger partial charge in [-0.15, -0.1) is 0 Å². The first kappa shape index (κ1) is 17.9. The van der Waals surface area contributed by atoms with E-state index in [-0.39, 0.29) is 19.4 Å². The number of rotatable bonds is 8. The lowest BCUT2D eigenvalue weighted by Crippen LogP contribution is -2.46. The van der Waals surface area contributed by atoms with Gasteiger partial charge in [-0.05, 0) is 24.9 Å². The van der Waals surface area contributed by atoms with Crippen molar-refractivity contribution in [2.24, 2.45) is 0 Å². The molecule has 9 heteroatoms. The first-order valence-corrected chi connectivity index (χ1v) is 6.98. The van der Waals surface area contributed by atoms with Gasteiger partial charge in [0.25, 0.3) is 0 Å². The van der Waals surface area contributed by atoms with E-state index in [0.717, 1.165) is 0 Å². The Morgan fingerprint density at radius 2 is 2.00 bits per heavy atom. The molecule has 0 aliphatic rings. The molecule has 0 aromatic carbocycles. The third-order valence-electron chi connectivity index (χ3n) is 2.14. The van der Waals surface area contributed by atoms with E-state index in [1.165, 1.54) is 11.8 Å². The van der Waals surface area contributed by atoms with Crippen LogP contribution in [0.1, 0.15) is 19.3 Å². The molecule has 0 saturated carbocycles. The van der Waals surface area contributed by atoms with Gasteiger partial charge < -0.3 is 15.7 Å². The summed E-state index contributed by atoms with van der Waals surface area (Å²) >= 11 is 1.44. The van der Waals surface area contributed by atoms with Gasteiger partial charge in [0, 0.05) is 13.0 Å². The smallest absolute Gasteiger partial charge is 0.389 e. The van der Waals surface area contributed by atoms with Crippen molar-refractivity contribution < 1.29 is 27.9 Å². The van der Waals surface area contributed by atoms with E-state index in [1.54, 1.807) is 6.26 Å². The first-order valence-electron chi connectivity index (χ1n) is 5.59. The second-order valence-corrected chi connectivity index (χ2v) is 4.78. The number of alkyl halides is 3. The lowest BCUT2D eigenvalue weighted by molar-refractivity contribution is -0.139. The second kappa shape index (κ2) is 8.89. The molecule has 0 spiro atoms. The molecule has 0 heterocycles. The number of carbonyl (C=O) groups is 2. The number of halogens is 3. The molecular weight excluding hydrogens is 285 g/mol. The molecule has 0 aromatic heterocycles. The van der Waals surface area contributed by atoms with Crippen molar-refractivity contribution in [2.45, 2.75) is 31.5 Å². The van der Waals surface area contributed by atoms with Crippen LogP contribution in [0.2, 0.25) is 0 Å². The normalized spacial score (nSPS) is 12.8. The zero-order valence-electron chi connectivity index (χ0n) is 10.4. The van der Waals surface area contributed by atoms with Crippen LogP contribution in [-0.2, 0) is 4.79 Å². The number of hydrogen-bond donors (Lipinski definition) is 3. The molecule has 5 nitrogen and oxygen atoms in total. The van der Waals surface area contributed by atoms with Crippen LogP contribution in [0.15, 0.2) is 0 Å². The van der Waals surface area contributed by atoms with Crippen LogP contribution < -0.4 is 10.6 Å². The van der Waals surface area contributed by atoms with Crippen molar-refractivity contribution in [2.75, 3.05) is 18.6 Å². The van der Waals surface area contributed by atoms with Gasteiger partial charge in [0.2, 0.25) is 0 Å². The Balaban J connectivity index is 3.90. The summed E-state index contributed by atoms with van der Waals surface area (Å²) in [6.07, 6.45) is -3.41. The van der Waals surface area contributed by atoms with Gasteiger partial charge in [-0.2, -0.15) is 24.9 Å². The Kier molecular flexibility index (Phi) is 8.37. The average Bonchev–Trinajstić information content (AvgIpc) is 2.28. The summed E-state index contributed by atoms with van der Waals surface area (Å²) in [5.41, 5.74) is 0. The Labute approximate surface area is 113 Å². The van der Waals surface area contributed by atoms with Crippen LogP contribution in [0.25, 0.3) is 0 Å². The van der Waals surface area contributed by atoms with Gasteiger partial charge >= 0.3 is 18.2 Å². The maximum absolute atomic E-state index is 11.8. The third-order valence-corrected chi connectivity index (χ3v) is 2.78. The zero-order valence-corrected chi connectivity index (χ0v) is 11.2. The molecule has 0 radical (unpaired) electrons. The van der Waals surface area contributed by atoms with E-state index in [4.69, 9.17) is 5.11 Å². The number of amides is 2. The molecule has 0 aromatic rings. The molecule has 2 amide bonds. The highest BCUT2D eigenvalue weighted by Gasteiger charge is 2.26. The highest BCUT2D eigenvalue weighted by molar-refractivity contribution is 7.98. The number of carboxylic acid groups (broad SMARTS) is 1. The summed E-state index contributed by atoms with van der Waals surface area (Å²) in [5.74, 6) is -0.606. The van der Waals surface area contributed by atoms with Gasteiger partial charge in [-0.1, -0.05) is 0 Å². The second-order valence-electron chi connectivity index (χ2n) is 3.79. The minimum Gasteiger partial charge on any atom is -0.480 e. The first-order chi connectivity index (χ1) is 8.76. The van der Waals surface area contributed by atoms with Crippen LogP contribution in [0.3, 0.4) is 0 Å². The van der Waals surface area contributed by atoms with E-state index in [2.05, 4.69) is 10.6 Å². The lowest BCUT2D eigenvalue weighted by atomic mass is 10.2. The number of hydrogen-bond acceptors (Lipinski definition) is 3. The standard InChI is InChI=1S/C10H17F3N2O3S/c1-19-6-3-7(8(16)17)15-9(18)14-5-2-4-10(11,12)13/h7H,2-6H2,1H3,(H,16,17)(H2,14,15,18)/t7-/m1/s1. The summed E-state index contributed by atoms with van der Waals surface area (Å²) in [5, 5.41) is 13.2. The predicted octanol–water partition coefficient (Wildman–Crippen LogP) is 1.83. The van der Waals surface area contributed by atoms with Crippen LogP contribution in [0, 0.1) is 0 Å². The average molecular weight is 302 g/mol. The van der Waals surface area contributed by atoms with Crippen molar-refractivity contribution in [1.29, 1.82) is 0 Å². The Bertz CT molecular complexity index is 300. The van der Waals surface area contributed by atoms with Crippen molar-refractivity contribution in [1.82, 2.24) is 10.6 Å². The topological polar surface area (TPSA) is 78.4 Å². The van der Waals surface area contributed by atoms with Crippen molar-refractivity contribution in [3.63, 3.8) is 0 Å². The van der Waals surface area contributed by atoms with Gasteiger partial charge in [-0.25, -0.2) is 9.59 Å². The fourth-order valence-electron chi connectivity index (χ4n) is 1.19. The molecule has 0 aliphatic heterocycles. The van der Waals surface area contributed by atoms with Crippen LogP contribution in [0.5, 0.6) is 0 Å². The minimum atomic E-state index is -4.25. The Hall–Kier alpha value is -1.12. The minimum absolute atomic E-state index is 0.153. The summed E-state index contributed by atoms with van der Waals surface area (Å²) in [7, 11) is 0. The molecule has 19 heavy (non-hydrogen) atoms. The SMILES string of the molecule is CSCC[C@@H](NC(=O)NCCCC(F)(F)F)C(=O)O. The highest BCUT2D eigenvalue weighted by Crippen LogP contribution is 2.20. The Morgan fingerprint density at radius 1 is 1.37 bits per heavy atom. The van der Waals surface area contributed by atoms with Gasteiger partial charge in [-0.3, -0.25) is 0 Å². The quantitative estimate of drug-likeness (QED) is 0.598. The maximum Gasteiger partial charge on any atom is 0.389 e. The summed E-state index contributed by atoms with van der Waals surface area (Å²) in [6, 6.07) is -1.80. The molecule has 0 saturated heterocycles. The van der Waals surface area contributed by atoms with Crippen LogP contribution >= 0.6 is 11.8 Å². The zero-order chi connectivity index (χ0) is 14.9. The highest BCUT2D eigenvalue weighted by atomic mass is 32.2. The van der Waals surface area contributed by atoms with E-state index >= 15 is 0 Å².